The fraction of sp³-hybridized carbons (Fsp3) is 0.250. The van der Waals surface area contributed by atoms with E-state index in [-0.39, 0.29) is 11.3 Å². The number of fused-ring (bicyclic) bond motifs is 1. The average Bonchev–Trinajstić information content (AvgIpc) is 2.54. The maximum absolute atomic E-state index is 12.6. The number of hydrogen-bond donors (Lipinski definition) is 1. The van der Waals surface area contributed by atoms with Crippen LogP contribution in [-0.2, 0) is 6.42 Å². The number of allylic oxidation sites excluding steroid dienone is 1. The van der Waals surface area contributed by atoms with Gasteiger partial charge in [-0.3, -0.25) is 4.79 Å². The number of carbonyl (C=O) groups excluding carboxylic acids is 1. The number of carbonyl (C=O) groups is 1. The number of methoxy groups -OCH3 is 1. The standard InChI is InChI=1S/C20H20BrNO2/c1-20(2)12-14-6-9-16(24-3)10-17(14)18(22-20)11-19(23)13-4-7-15(21)8-5-13/h4-11,22H,12H2,1-3H3/b18-11-. The lowest BCUT2D eigenvalue weighted by Crippen LogP contribution is -2.43. The Balaban J connectivity index is 2.03. The molecule has 0 saturated carbocycles. The van der Waals surface area contributed by atoms with Gasteiger partial charge in [0.25, 0.3) is 0 Å². The molecule has 1 aliphatic heterocycles. The number of benzene rings is 2. The van der Waals surface area contributed by atoms with Gasteiger partial charge in [-0.15, -0.1) is 0 Å². The van der Waals surface area contributed by atoms with Crippen molar-refractivity contribution in [1.29, 1.82) is 0 Å². The second-order valence-electron chi connectivity index (χ2n) is 6.64. The highest BCUT2D eigenvalue weighted by atomic mass is 79.9. The van der Waals surface area contributed by atoms with E-state index in [2.05, 4.69) is 41.2 Å². The minimum Gasteiger partial charge on any atom is -0.497 e. The Morgan fingerprint density at radius 2 is 1.92 bits per heavy atom. The van der Waals surface area contributed by atoms with E-state index in [1.54, 1.807) is 13.2 Å². The van der Waals surface area contributed by atoms with E-state index < -0.39 is 0 Å². The monoisotopic (exact) mass is 385 g/mol. The Hall–Kier alpha value is -2.07. The Labute approximate surface area is 150 Å². The number of hydrogen-bond acceptors (Lipinski definition) is 3. The van der Waals surface area contributed by atoms with Gasteiger partial charge in [0.15, 0.2) is 5.78 Å². The first kappa shape index (κ1) is 16.8. The molecule has 0 saturated heterocycles. The minimum absolute atomic E-state index is 0.0172. The second kappa shape index (κ2) is 6.44. The number of ether oxygens (including phenoxy) is 1. The zero-order valence-electron chi connectivity index (χ0n) is 14.0. The first-order chi connectivity index (χ1) is 11.4. The van der Waals surface area contributed by atoms with Gasteiger partial charge in [-0.05, 0) is 62.2 Å². The van der Waals surface area contributed by atoms with Crippen LogP contribution < -0.4 is 10.1 Å². The van der Waals surface area contributed by atoms with E-state index in [4.69, 9.17) is 4.74 Å². The molecule has 0 atom stereocenters. The molecular weight excluding hydrogens is 366 g/mol. The molecule has 3 nitrogen and oxygen atoms in total. The summed E-state index contributed by atoms with van der Waals surface area (Å²) in [5, 5.41) is 3.49. The molecule has 0 spiro atoms. The summed E-state index contributed by atoms with van der Waals surface area (Å²) >= 11 is 3.39. The highest BCUT2D eigenvalue weighted by Gasteiger charge is 2.28. The van der Waals surface area contributed by atoms with Gasteiger partial charge in [0, 0.05) is 32.9 Å². The molecule has 0 fully saturated rings. The number of nitrogens with one attached hydrogen (secondary N) is 1. The highest BCUT2D eigenvalue weighted by Crippen LogP contribution is 2.32. The fourth-order valence-electron chi connectivity index (χ4n) is 2.98. The normalized spacial score (nSPS) is 17.1. The lowest BCUT2D eigenvalue weighted by molar-refractivity contribution is 0.104. The van der Waals surface area contributed by atoms with Crippen LogP contribution >= 0.6 is 15.9 Å². The van der Waals surface area contributed by atoms with Crippen molar-refractivity contribution < 1.29 is 9.53 Å². The van der Waals surface area contributed by atoms with Gasteiger partial charge in [-0.2, -0.15) is 0 Å². The van der Waals surface area contributed by atoms with Gasteiger partial charge < -0.3 is 10.1 Å². The number of rotatable bonds is 3. The summed E-state index contributed by atoms with van der Waals surface area (Å²) in [4.78, 5) is 12.6. The van der Waals surface area contributed by atoms with Crippen molar-refractivity contribution >= 4 is 27.4 Å². The van der Waals surface area contributed by atoms with E-state index in [9.17, 15) is 4.79 Å². The zero-order valence-corrected chi connectivity index (χ0v) is 15.6. The van der Waals surface area contributed by atoms with Gasteiger partial charge in [-0.1, -0.05) is 22.0 Å². The second-order valence-corrected chi connectivity index (χ2v) is 7.55. The fourth-order valence-corrected chi connectivity index (χ4v) is 3.25. The molecule has 2 aromatic carbocycles. The largest absolute Gasteiger partial charge is 0.497 e. The van der Waals surface area contributed by atoms with E-state index in [0.29, 0.717) is 5.56 Å². The van der Waals surface area contributed by atoms with Crippen LogP contribution in [0.25, 0.3) is 5.70 Å². The minimum atomic E-state index is -0.104. The lowest BCUT2D eigenvalue weighted by atomic mass is 9.85. The predicted molar refractivity (Wildman–Crippen MR) is 100 cm³/mol. The van der Waals surface area contributed by atoms with Crippen molar-refractivity contribution in [1.82, 2.24) is 5.32 Å². The zero-order chi connectivity index (χ0) is 17.3. The maximum atomic E-state index is 12.6. The van der Waals surface area contributed by atoms with E-state index >= 15 is 0 Å². The van der Waals surface area contributed by atoms with Crippen molar-refractivity contribution in [3.05, 3.63) is 69.7 Å². The summed E-state index contributed by atoms with van der Waals surface area (Å²) in [5.41, 5.74) is 3.65. The molecule has 1 heterocycles. The summed E-state index contributed by atoms with van der Waals surface area (Å²) in [6, 6.07) is 13.4. The van der Waals surface area contributed by atoms with Crippen LogP contribution in [0.1, 0.15) is 35.3 Å². The first-order valence-electron chi connectivity index (χ1n) is 7.85. The Kier molecular flexibility index (Phi) is 4.50. The van der Waals surface area contributed by atoms with Crippen LogP contribution in [-0.4, -0.2) is 18.4 Å². The summed E-state index contributed by atoms with van der Waals surface area (Å²) in [6.07, 6.45) is 2.58. The van der Waals surface area contributed by atoms with E-state index in [1.807, 2.05) is 36.4 Å². The third kappa shape index (κ3) is 3.54. The molecule has 124 valence electrons. The van der Waals surface area contributed by atoms with Crippen LogP contribution in [0, 0.1) is 0 Å². The third-order valence-corrected chi connectivity index (χ3v) is 4.65. The van der Waals surface area contributed by atoms with Crippen LogP contribution in [0.5, 0.6) is 5.75 Å². The van der Waals surface area contributed by atoms with Crippen molar-refractivity contribution in [3.8, 4) is 5.75 Å². The van der Waals surface area contributed by atoms with Gasteiger partial charge in [0.2, 0.25) is 0 Å². The Bertz CT molecular complexity index is 807. The maximum Gasteiger partial charge on any atom is 0.187 e. The van der Waals surface area contributed by atoms with Crippen LogP contribution in [0.15, 0.2) is 53.0 Å². The quantitative estimate of drug-likeness (QED) is 0.619. The van der Waals surface area contributed by atoms with Gasteiger partial charge in [-0.25, -0.2) is 0 Å². The molecule has 0 aromatic heterocycles. The predicted octanol–water partition coefficient (Wildman–Crippen LogP) is 4.61. The molecule has 24 heavy (non-hydrogen) atoms. The highest BCUT2D eigenvalue weighted by molar-refractivity contribution is 9.10. The molecule has 0 unspecified atom stereocenters. The van der Waals surface area contributed by atoms with Crippen molar-refractivity contribution in [2.24, 2.45) is 0 Å². The molecule has 4 heteroatoms. The van der Waals surface area contributed by atoms with Crippen LogP contribution in [0.3, 0.4) is 0 Å². The van der Waals surface area contributed by atoms with Crippen molar-refractivity contribution in [2.45, 2.75) is 25.8 Å². The first-order valence-corrected chi connectivity index (χ1v) is 8.64. The summed E-state index contributed by atoms with van der Waals surface area (Å²) in [6.45, 7) is 4.27. The summed E-state index contributed by atoms with van der Waals surface area (Å²) in [7, 11) is 1.65. The van der Waals surface area contributed by atoms with Gasteiger partial charge in [0.1, 0.15) is 5.75 Å². The Morgan fingerprint density at radius 1 is 1.21 bits per heavy atom. The summed E-state index contributed by atoms with van der Waals surface area (Å²) < 4.78 is 6.30. The molecule has 1 N–H and O–H groups in total. The van der Waals surface area contributed by atoms with E-state index in [0.717, 1.165) is 27.9 Å². The van der Waals surface area contributed by atoms with E-state index in [1.165, 1.54) is 5.56 Å². The number of halogens is 1. The van der Waals surface area contributed by atoms with Crippen LogP contribution in [0.4, 0.5) is 0 Å². The molecule has 2 aromatic rings. The lowest BCUT2D eigenvalue weighted by Gasteiger charge is -2.35. The SMILES string of the molecule is COc1ccc2c(c1)/C(=C/C(=O)c1ccc(Br)cc1)NC(C)(C)C2. The molecule has 3 rings (SSSR count). The van der Waals surface area contributed by atoms with Crippen molar-refractivity contribution in [3.63, 3.8) is 0 Å². The summed E-state index contributed by atoms with van der Waals surface area (Å²) in [5.74, 6) is 0.772. The smallest absolute Gasteiger partial charge is 0.187 e. The van der Waals surface area contributed by atoms with Crippen LogP contribution in [0.2, 0.25) is 0 Å². The molecular formula is C20H20BrNO2. The average molecular weight is 386 g/mol. The van der Waals surface area contributed by atoms with Gasteiger partial charge >= 0.3 is 0 Å². The Morgan fingerprint density at radius 3 is 2.58 bits per heavy atom. The molecule has 1 aliphatic rings. The molecule has 0 bridgehead atoms. The topological polar surface area (TPSA) is 38.3 Å². The molecule has 0 radical (unpaired) electrons. The van der Waals surface area contributed by atoms with Crippen molar-refractivity contribution in [2.75, 3.05) is 7.11 Å². The molecule has 0 aliphatic carbocycles. The number of ketones is 1. The molecule has 0 amide bonds. The van der Waals surface area contributed by atoms with Gasteiger partial charge in [0.05, 0.1) is 7.11 Å². The third-order valence-electron chi connectivity index (χ3n) is 4.12.